The number of rotatable bonds is 9. The van der Waals surface area contributed by atoms with Crippen LogP contribution in [0.3, 0.4) is 0 Å². The Morgan fingerprint density at radius 2 is 1.59 bits per heavy atom. The van der Waals surface area contributed by atoms with Gasteiger partial charge in [0.15, 0.2) is 5.76 Å². The van der Waals surface area contributed by atoms with Crippen LogP contribution in [0.4, 0.5) is 0 Å². The Labute approximate surface area is 172 Å². The predicted octanol–water partition coefficient (Wildman–Crippen LogP) is 4.57. The summed E-state index contributed by atoms with van der Waals surface area (Å²) in [6.45, 7) is 9.48. The molecule has 3 aromatic rings. The molecule has 1 aromatic heterocycles. The molecular formula is C24H29N3O2. The standard InChI is InChI=1S/C24H29N3O2/c1-4-27(5-2)17-16-25-23(28)18(3)24-26-21(19-12-8-6-9-13-19)22(29-24)20-14-10-7-11-15-20/h6-15,18H,4-5,16-17H2,1-3H3,(H,25,28). The van der Waals surface area contributed by atoms with Gasteiger partial charge < -0.3 is 14.6 Å². The highest BCUT2D eigenvalue weighted by atomic mass is 16.4. The van der Waals surface area contributed by atoms with E-state index in [4.69, 9.17) is 9.40 Å². The first-order valence-electron chi connectivity index (χ1n) is 10.3. The van der Waals surface area contributed by atoms with Crippen LogP contribution >= 0.6 is 0 Å². The van der Waals surface area contributed by atoms with E-state index in [1.807, 2.05) is 67.6 Å². The molecule has 0 bridgehead atoms. The number of aromatic nitrogens is 1. The molecule has 5 nitrogen and oxygen atoms in total. The average Bonchev–Trinajstić information content (AvgIpc) is 3.23. The fourth-order valence-electron chi connectivity index (χ4n) is 3.24. The molecule has 1 heterocycles. The molecule has 0 spiro atoms. The van der Waals surface area contributed by atoms with Crippen molar-refractivity contribution in [3.63, 3.8) is 0 Å². The Kier molecular flexibility index (Phi) is 7.19. The summed E-state index contributed by atoms with van der Waals surface area (Å²) in [6.07, 6.45) is 0. The van der Waals surface area contributed by atoms with Crippen molar-refractivity contribution in [1.29, 1.82) is 0 Å². The topological polar surface area (TPSA) is 58.4 Å². The highest BCUT2D eigenvalue weighted by Gasteiger charge is 2.24. The molecule has 0 fully saturated rings. The summed E-state index contributed by atoms with van der Waals surface area (Å²) in [4.78, 5) is 19.7. The van der Waals surface area contributed by atoms with Gasteiger partial charge in [-0.15, -0.1) is 0 Å². The van der Waals surface area contributed by atoms with E-state index in [0.717, 1.165) is 36.5 Å². The van der Waals surface area contributed by atoms with Gasteiger partial charge in [-0.05, 0) is 20.0 Å². The molecule has 1 atom stereocenters. The number of likely N-dealkylation sites (N-methyl/N-ethyl adjacent to an activating group) is 1. The third kappa shape index (κ3) is 5.12. The number of carbonyl (C=O) groups excluding carboxylic acids is 1. The largest absolute Gasteiger partial charge is 0.439 e. The van der Waals surface area contributed by atoms with Crippen molar-refractivity contribution in [1.82, 2.24) is 15.2 Å². The van der Waals surface area contributed by atoms with E-state index < -0.39 is 5.92 Å². The second kappa shape index (κ2) is 10.0. The summed E-state index contributed by atoms with van der Waals surface area (Å²) in [5.41, 5.74) is 2.67. The Morgan fingerprint density at radius 3 is 2.17 bits per heavy atom. The van der Waals surface area contributed by atoms with Gasteiger partial charge >= 0.3 is 0 Å². The lowest BCUT2D eigenvalue weighted by Crippen LogP contribution is -2.36. The average molecular weight is 392 g/mol. The second-order valence-electron chi connectivity index (χ2n) is 7.00. The number of nitrogens with zero attached hydrogens (tertiary/aromatic N) is 2. The summed E-state index contributed by atoms with van der Waals surface area (Å²) in [7, 11) is 0. The molecule has 0 saturated heterocycles. The van der Waals surface area contributed by atoms with Gasteiger partial charge in [0.25, 0.3) is 0 Å². The normalized spacial score (nSPS) is 12.1. The molecule has 1 N–H and O–H groups in total. The van der Waals surface area contributed by atoms with Crippen molar-refractivity contribution in [2.45, 2.75) is 26.7 Å². The number of benzene rings is 2. The smallest absolute Gasteiger partial charge is 0.232 e. The summed E-state index contributed by atoms with van der Waals surface area (Å²) >= 11 is 0. The summed E-state index contributed by atoms with van der Waals surface area (Å²) in [6, 6.07) is 19.8. The quantitative estimate of drug-likeness (QED) is 0.580. The maximum Gasteiger partial charge on any atom is 0.232 e. The SMILES string of the molecule is CCN(CC)CCNC(=O)C(C)c1nc(-c2ccccc2)c(-c2ccccc2)o1. The van der Waals surface area contributed by atoms with Gasteiger partial charge in [-0.2, -0.15) is 0 Å². The highest BCUT2D eigenvalue weighted by Crippen LogP contribution is 2.34. The zero-order chi connectivity index (χ0) is 20.6. The maximum absolute atomic E-state index is 12.7. The summed E-state index contributed by atoms with van der Waals surface area (Å²) in [5.74, 6) is 0.585. The van der Waals surface area contributed by atoms with Crippen LogP contribution in [-0.4, -0.2) is 42.0 Å². The van der Waals surface area contributed by atoms with Gasteiger partial charge in [0.2, 0.25) is 11.8 Å². The van der Waals surface area contributed by atoms with Gasteiger partial charge in [0.05, 0.1) is 0 Å². The number of amides is 1. The van der Waals surface area contributed by atoms with Crippen molar-refractivity contribution >= 4 is 5.91 Å². The molecule has 3 rings (SSSR count). The Balaban J connectivity index is 1.82. The van der Waals surface area contributed by atoms with Gasteiger partial charge in [-0.1, -0.05) is 74.5 Å². The van der Waals surface area contributed by atoms with Crippen LogP contribution in [-0.2, 0) is 4.79 Å². The molecule has 29 heavy (non-hydrogen) atoms. The lowest BCUT2D eigenvalue weighted by Gasteiger charge is -2.18. The third-order valence-corrected chi connectivity index (χ3v) is 5.11. The van der Waals surface area contributed by atoms with Crippen LogP contribution in [0.15, 0.2) is 65.1 Å². The lowest BCUT2D eigenvalue weighted by atomic mass is 10.1. The Bertz CT molecular complexity index is 845. The minimum absolute atomic E-state index is 0.0716. The summed E-state index contributed by atoms with van der Waals surface area (Å²) < 4.78 is 6.13. The first-order valence-corrected chi connectivity index (χ1v) is 10.3. The van der Waals surface area contributed by atoms with Crippen LogP contribution in [0.5, 0.6) is 0 Å². The van der Waals surface area contributed by atoms with Crippen LogP contribution < -0.4 is 5.32 Å². The first-order chi connectivity index (χ1) is 14.1. The van der Waals surface area contributed by atoms with Crippen molar-refractivity contribution in [2.24, 2.45) is 0 Å². The number of oxazole rings is 1. The van der Waals surface area contributed by atoms with E-state index in [-0.39, 0.29) is 5.91 Å². The molecular weight excluding hydrogens is 362 g/mol. The van der Waals surface area contributed by atoms with Gasteiger partial charge in [-0.25, -0.2) is 4.98 Å². The van der Waals surface area contributed by atoms with E-state index in [2.05, 4.69) is 24.1 Å². The third-order valence-electron chi connectivity index (χ3n) is 5.11. The Hall–Kier alpha value is -2.92. The number of hydrogen-bond acceptors (Lipinski definition) is 4. The molecule has 0 aliphatic carbocycles. The molecule has 5 heteroatoms. The van der Waals surface area contributed by atoms with Crippen molar-refractivity contribution in [3.05, 3.63) is 66.6 Å². The maximum atomic E-state index is 12.7. The Morgan fingerprint density at radius 1 is 1.00 bits per heavy atom. The molecule has 152 valence electrons. The van der Waals surface area contributed by atoms with Crippen molar-refractivity contribution in [3.8, 4) is 22.6 Å². The van der Waals surface area contributed by atoms with Gasteiger partial charge in [0, 0.05) is 24.2 Å². The molecule has 0 saturated carbocycles. The molecule has 0 aliphatic rings. The van der Waals surface area contributed by atoms with Crippen LogP contribution in [0, 0.1) is 0 Å². The molecule has 0 radical (unpaired) electrons. The number of hydrogen-bond donors (Lipinski definition) is 1. The van der Waals surface area contributed by atoms with Crippen LogP contribution in [0.1, 0.15) is 32.6 Å². The van der Waals surface area contributed by atoms with Gasteiger partial charge in [0.1, 0.15) is 11.6 Å². The van der Waals surface area contributed by atoms with Crippen molar-refractivity contribution in [2.75, 3.05) is 26.2 Å². The molecule has 2 aromatic carbocycles. The zero-order valence-corrected chi connectivity index (χ0v) is 17.4. The lowest BCUT2D eigenvalue weighted by molar-refractivity contribution is -0.122. The van der Waals surface area contributed by atoms with E-state index in [0.29, 0.717) is 18.2 Å². The van der Waals surface area contributed by atoms with Crippen molar-refractivity contribution < 1.29 is 9.21 Å². The fourth-order valence-corrected chi connectivity index (χ4v) is 3.24. The first kappa shape index (κ1) is 20.8. The van der Waals surface area contributed by atoms with Gasteiger partial charge in [-0.3, -0.25) is 4.79 Å². The monoisotopic (exact) mass is 391 g/mol. The molecule has 1 unspecified atom stereocenters. The second-order valence-corrected chi connectivity index (χ2v) is 7.00. The van der Waals surface area contributed by atoms with E-state index in [1.165, 1.54) is 0 Å². The minimum atomic E-state index is -0.466. The predicted molar refractivity (Wildman–Crippen MR) is 117 cm³/mol. The van der Waals surface area contributed by atoms with E-state index in [1.54, 1.807) is 0 Å². The van der Waals surface area contributed by atoms with E-state index >= 15 is 0 Å². The minimum Gasteiger partial charge on any atom is -0.439 e. The number of nitrogens with one attached hydrogen (secondary N) is 1. The van der Waals surface area contributed by atoms with Crippen LogP contribution in [0.2, 0.25) is 0 Å². The number of carbonyl (C=O) groups is 1. The molecule has 0 aliphatic heterocycles. The zero-order valence-electron chi connectivity index (χ0n) is 17.4. The fraction of sp³-hybridized carbons (Fsp3) is 0.333. The molecule has 1 amide bonds. The van der Waals surface area contributed by atoms with E-state index in [9.17, 15) is 4.79 Å². The van der Waals surface area contributed by atoms with Crippen LogP contribution in [0.25, 0.3) is 22.6 Å². The highest BCUT2D eigenvalue weighted by molar-refractivity contribution is 5.83. The summed E-state index contributed by atoms with van der Waals surface area (Å²) in [5, 5.41) is 3.01.